The van der Waals surface area contributed by atoms with Crippen LogP contribution in [0, 0.1) is 11.3 Å². The molecule has 18 heavy (non-hydrogen) atoms. The molecule has 0 unspecified atom stereocenters. The molecule has 0 spiro atoms. The number of ether oxygens (including phenoxy) is 2. The van der Waals surface area contributed by atoms with Gasteiger partial charge < -0.3 is 20.5 Å². The zero-order valence-corrected chi connectivity index (χ0v) is 10.1. The first-order valence-corrected chi connectivity index (χ1v) is 5.34. The second kappa shape index (κ2) is 7.14. The quantitative estimate of drug-likeness (QED) is 0.700. The van der Waals surface area contributed by atoms with Crippen molar-refractivity contribution in [1.29, 1.82) is 5.26 Å². The molecule has 1 aromatic carbocycles. The molecule has 6 heteroatoms. The molecular formula is C12H15N3O3. The molecule has 0 aliphatic rings. The average Bonchev–Trinajstić information content (AvgIpc) is 2.42. The number of nitriles is 1. The van der Waals surface area contributed by atoms with E-state index in [1.54, 1.807) is 25.3 Å². The Balaban J connectivity index is 2.65. The summed E-state index contributed by atoms with van der Waals surface area (Å²) in [5, 5.41) is 10.7. The van der Waals surface area contributed by atoms with Gasteiger partial charge in [-0.3, -0.25) is 4.79 Å². The van der Waals surface area contributed by atoms with Gasteiger partial charge in [-0.25, -0.2) is 0 Å². The first kappa shape index (κ1) is 13.8. The lowest BCUT2D eigenvalue weighted by Gasteiger charge is -2.11. The predicted octanol–water partition coefficient (Wildman–Crippen LogP) is 0.172. The zero-order chi connectivity index (χ0) is 13.4. The number of nitrogens with one attached hydrogen (secondary N) is 1. The van der Waals surface area contributed by atoms with Gasteiger partial charge in [-0.1, -0.05) is 6.07 Å². The number of nitrogens with zero attached hydrogens (tertiary/aromatic N) is 1. The molecule has 0 bridgehead atoms. The molecule has 0 aliphatic carbocycles. The summed E-state index contributed by atoms with van der Waals surface area (Å²) in [4.78, 5) is 11.3. The number of carbonyl (C=O) groups is 1. The van der Waals surface area contributed by atoms with Crippen molar-refractivity contribution >= 4 is 5.91 Å². The van der Waals surface area contributed by atoms with Crippen LogP contribution in [0.5, 0.6) is 11.5 Å². The molecule has 1 aromatic rings. The largest absolute Gasteiger partial charge is 0.497 e. The number of hydrogen-bond acceptors (Lipinski definition) is 5. The van der Waals surface area contributed by atoms with Crippen molar-refractivity contribution in [2.75, 3.05) is 20.3 Å². The van der Waals surface area contributed by atoms with Crippen LogP contribution in [0.1, 0.15) is 5.56 Å². The Labute approximate surface area is 105 Å². The normalized spacial score (nSPS) is 9.39. The van der Waals surface area contributed by atoms with Crippen LogP contribution in [0.4, 0.5) is 0 Å². The molecule has 96 valence electrons. The van der Waals surface area contributed by atoms with E-state index in [1.165, 1.54) is 0 Å². The second-order valence-electron chi connectivity index (χ2n) is 3.40. The molecule has 1 rings (SSSR count). The molecule has 0 fully saturated rings. The second-order valence-corrected chi connectivity index (χ2v) is 3.40. The molecule has 1 amide bonds. The average molecular weight is 249 g/mol. The van der Waals surface area contributed by atoms with E-state index in [9.17, 15) is 4.79 Å². The Bertz CT molecular complexity index is 454. The topological polar surface area (TPSA) is 97.4 Å². The van der Waals surface area contributed by atoms with E-state index in [-0.39, 0.29) is 19.1 Å². The van der Waals surface area contributed by atoms with Gasteiger partial charge in [-0.15, -0.1) is 0 Å². The van der Waals surface area contributed by atoms with Crippen LogP contribution >= 0.6 is 0 Å². The predicted molar refractivity (Wildman–Crippen MR) is 65.0 cm³/mol. The zero-order valence-electron chi connectivity index (χ0n) is 10.1. The molecule has 0 aliphatic heterocycles. The number of methoxy groups -OCH3 is 1. The van der Waals surface area contributed by atoms with Gasteiger partial charge in [0, 0.05) is 18.2 Å². The lowest BCUT2D eigenvalue weighted by Crippen LogP contribution is -2.29. The Morgan fingerprint density at radius 1 is 1.56 bits per heavy atom. The molecular weight excluding hydrogens is 234 g/mol. The van der Waals surface area contributed by atoms with Gasteiger partial charge in [0.05, 0.1) is 13.2 Å². The van der Waals surface area contributed by atoms with E-state index in [0.717, 1.165) is 5.56 Å². The molecule has 0 saturated carbocycles. The van der Waals surface area contributed by atoms with Gasteiger partial charge in [0.25, 0.3) is 5.91 Å². The summed E-state index contributed by atoms with van der Waals surface area (Å²) in [7, 11) is 1.54. The summed E-state index contributed by atoms with van der Waals surface area (Å²) >= 11 is 0. The van der Waals surface area contributed by atoms with Gasteiger partial charge in [0.1, 0.15) is 18.0 Å². The van der Waals surface area contributed by atoms with Crippen molar-refractivity contribution in [3.05, 3.63) is 23.8 Å². The third kappa shape index (κ3) is 3.96. The number of carbonyl (C=O) groups excluding carboxylic acids is 1. The van der Waals surface area contributed by atoms with E-state index >= 15 is 0 Å². The summed E-state index contributed by atoms with van der Waals surface area (Å²) < 4.78 is 10.4. The van der Waals surface area contributed by atoms with Crippen molar-refractivity contribution in [2.24, 2.45) is 5.73 Å². The number of benzene rings is 1. The Morgan fingerprint density at radius 3 is 2.94 bits per heavy atom. The van der Waals surface area contributed by atoms with Crippen LogP contribution in [-0.2, 0) is 11.3 Å². The summed E-state index contributed by atoms with van der Waals surface area (Å²) in [6.07, 6.45) is 0. The summed E-state index contributed by atoms with van der Waals surface area (Å²) in [5.74, 6) is 0.769. The van der Waals surface area contributed by atoms with Crippen LogP contribution in [0.15, 0.2) is 18.2 Å². The van der Waals surface area contributed by atoms with E-state index in [4.69, 9.17) is 20.5 Å². The fourth-order valence-electron chi connectivity index (χ4n) is 1.30. The SMILES string of the molecule is COc1ccc(CN)c(OCC(=O)NCC#N)c1. The van der Waals surface area contributed by atoms with E-state index in [1.807, 2.05) is 6.07 Å². The molecule has 3 N–H and O–H groups in total. The van der Waals surface area contributed by atoms with E-state index < -0.39 is 0 Å². The fraction of sp³-hybridized carbons (Fsp3) is 0.333. The summed E-state index contributed by atoms with van der Waals surface area (Å²) in [6, 6.07) is 7.02. The first-order valence-electron chi connectivity index (χ1n) is 5.34. The summed E-state index contributed by atoms with van der Waals surface area (Å²) in [6.45, 7) is 0.102. The first-order chi connectivity index (χ1) is 8.71. The molecule has 0 radical (unpaired) electrons. The van der Waals surface area contributed by atoms with Crippen LogP contribution in [-0.4, -0.2) is 26.2 Å². The minimum Gasteiger partial charge on any atom is -0.497 e. The fourth-order valence-corrected chi connectivity index (χ4v) is 1.30. The Kier molecular flexibility index (Phi) is 5.48. The molecule has 0 aromatic heterocycles. The van der Waals surface area contributed by atoms with Crippen molar-refractivity contribution in [2.45, 2.75) is 6.54 Å². The van der Waals surface area contributed by atoms with Crippen LogP contribution in [0.25, 0.3) is 0 Å². The van der Waals surface area contributed by atoms with Gasteiger partial charge in [-0.05, 0) is 6.07 Å². The number of nitrogens with two attached hydrogens (primary N) is 1. The van der Waals surface area contributed by atoms with Gasteiger partial charge >= 0.3 is 0 Å². The minimum absolute atomic E-state index is 0.0376. The highest BCUT2D eigenvalue weighted by atomic mass is 16.5. The van der Waals surface area contributed by atoms with E-state index in [2.05, 4.69) is 5.32 Å². The highest BCUT2D eigenvalue weighted by molar-refractivity contribution is 5.77. The number of hydrogen-bond donors (Lipinski definition) is 2. The standard InChI is InChI=1S/C12H15N3O3/c1-17-10-3-2-9(7-14)11(6-10)18-8-12(16)15-5-4-13/h2-3,6H,5,7-8,14H2,1H3,(H,15,16). The monoisotopic (exact) mass is 249 g/mol. The highest BCUT2D eigenvalue weighted by Crippen LogP contribution is 2.24. The van der Waals surface area contributed by atoms with Crippen LogP contribution < -0.4 is 20.5 Å². The van der Waals surface area contributed by atoms with Crippen molar-refractivity contribution in [1.82, 2.24) is 5.32 Å². The molecule has 0 atom stereocenters. The van der Waals surface area contributed by atoms with Gasteiger partial charge in [-0.2, -0.15) is 5.26 Å². The molecule has 0 heterocycles. The summed E-state index contributed by atoms with van der Waals surface area (Å²) in [5.41, 5.74) is 6.35. The molecule has 6 nitrogen and oxygen atoms in total. The smallest absolute Gasteiger partial charge is 0.258 e. The Hall–Kier alpha value is -2.26. The van der Waals surface area contributed by atoms with Crippen molar-refractivity contribution < 1.29 is 14.3 Å². The minimum atomic E-state index is -0.359. The van der Waals surface area contributed by atoms with Gasteiger partial charge in [0.15, 0.2) is 6.61 Å². The maximum atomic E-state index is 11.3. The molecule has 0 saturated heterocycles. The van der Waals surface area contributed by atoms with Crippen molar-refractivity contribution in [3.8, 4) is 17.6 Å². The Morgan fingerprint density at radius 2 is 2.33 bits per heavy atom. The third-order valence-corrected chi connectivity index (χ3v) is 2.22. The third-order valence-electron chi connectivity index (χ3n) is 2.22. The van der Waals surface area contributed by atoms with Crippen LogP contribution in [0.2, 0.25) is 0 Å². The maximum absolute atomic E-state index is 11.3. The number of amides is 1. The highest BCUT2D eigenvalue weighted by Gasteiger charge is 2.07. The van der Waals surface area contributed by atoms with Gasteiger partial charge in [0.2, 0.25) is 0 Å². The number of rotatable bonds is 6. The van der Waals surface area contributed by atoms with E-state index in [0.29, 0.717) is 18.0 Å². The lowest BCUT2D eigenvalue weighted by molar-refractivity contribution is -0.122. The lowest BCUT2D eigenvalue weighted by atomic mass is 10.2. The van der Waals surface area contributed by atoms with Crippen molar-refractivity contribution in [3.63, 3.8) is 0 Å². The van der Waals surface area contributed by atoms with Crippen LogP contribution in [0.3, 0.4) is 0 Å². The maximum Gasteiger partial charge on any atom is 0.258 e.